The van der Waals surface area contributed by atoms with E-state index in [2.05, 4.69) is 11.6 Å². The van der Waals surface area contributed by atoms with Crippen molar-refractivity contribution in [2.75, 3.05) is 20.3 Å². The molecule has 0 atom stereocenters. The summed E-state index contributed by atoms with van der Waals surface area (Å²) in [5, 5.41) is 8.67. The monoisotopic (exact) mass is 219 g/mol. The van der Waals surface area contributed by atoms with Gasteiger partial charge in [-0.15, -0.1) is 6.58 Å². The Hall–Kier alpha value is -1.86. The molecule has 0 fully saturated rings. The zero-order chi connectivity index (χ0) is 11.8. The fourth-order valence-electron chi connectivity index (χ4n) is 1.32. The first-order chi connectivity index (χ1) is 7.81. The molecule has 0 saturated carbocycles. The summed E-state index contributed by atoms with van der Waals surface area (Å²) in [6.45, 7) is 4.71. The van der Waals surface area contributed by atoms with Gasteiger partial charge in [0.15, 0.2) is 4.98 Å². The van der Waals surface area contributed by atoms with Crippen LogP contribution in [0.2, 0.25) is 0 Å². The summed E-state index contributed by atoms with van der Waals surface area (Å²) in [4.78, 5) is 3.14. The van der Waals surface area contributed by atoms with Crippen molar-refractivity contribution in [1.29, 1.82) is 5.39 Å². The molecule has 0 unspecified atom stereocenters. The van der Waals surface area contributed by atoms with Crippen LogP contribution in [-0.2, 0) is 11.2 Å². The first kappa shape index (κ1) is 12.2. The van der Waals surface area contributed by atoms with Gasteiger partial charge in [-0.25, -0.2) is 0 Å². The quantitative estimate of drug-likeness (QED) is 0.420. The summed E-state index contributed by atoms with van der Waals surface area (Å²) in [6.07, 6.45) is 2.45. The molecule has 0 aliphatic heterocycles. The van der Waals surface area contributed by atoms with Crippen LogP contribution in [0.5, 0.6) is 5.75 Å². The smallest absolute Gasteiger partial charge is 0.385 e. The number of hydrogen-bond acceptors (Lipinski definition) is 3. The molecule has 1 aromatic carbocycles. The molecule has 16 heavy (non-hydrogen) atoms. The molecule has 0 amide bonds. The van der Waals surface area contributed by atoms with Gasteiger partial charge in [0.05, 0.1) is 6.61 Å². The summed E-state index contributed by atoms with van der Waals surface area (Å²) in [5.74, 6) is 0.768. The van der Waals surface area contributed by atoms with Gasteiger partial charge in [-0.05, 0) is 12.5 Å². The van der Waals surface area contributed by atoms with Crippen LogP contribution in [0.3, 0.4) is 0 Å². The van der Waals surface area contributed by atoms with Gasteiger partial charge in [0, 0.05) is 24.8 Å². The number of benzene rings is 1. The van der Waals surface area contributed by atoms with Crippen LogP contribution in [-0.4, -0.2) is 20.3 Å². The molecule has 0 saturated heterocycles. The lowest BCUT2D eigenvalue weighted by Crippen LogP contribution is -2.05. The summed E-state index contributed by atoms with van der Waals surface area (Å²) in [7, 11) is 1.63. The van der Waals surface area contributed by atoms with Gasteiger partial charge in [-0.1, -0.05) is 6.08 Å². The molecule has 0 spiro atoms. The van der Waals surface area contributed by atoms with E-state index in [1.165, 1.54) is 0 Å². The van der Waals surface area contributed by atoms with Gasteiger partial charge in [0.1, 0.15) is 12.4 Å². The number of hydrogen-bond donors (Lipinski definition) is 0. The van der Waals surface area contributed by atoms with Crippen LogP contribution in [0, 0.1) is 5.39 Å². The highest BCUT2D eigenvalue weighted by Gasteiger charge is 2.10. The van der Waals surface area contributed by atoms with Crippen molar-refractivity contribution in [2.24, 2.45) is 0 Å². The molecular weight excluding hydrogens is 204 g/mol. The largest absolute Gasteiger partial charge is 0.491 e. The lowest BCUT2D eigenvalue weighted by atomic mass is 10.1. The highest BCUT2D eigenvalue weighted by molar-refractivity contribution is 5.51. The summed E-state index contributed by atoms with van der Waals surface area (Å²) < 4.78 is 10.4. The molecule has 0 aromatic heterocycles. The topological polar surface area (TPSA) is 46.6 Å². The maximum absolute atomic E-state index is 8.67. The third-order valence-electron chi connectivity index (χ3n) is 2.07. The van der Waals surface area contributed by atoms with Gasteiger partial charge < -0.3 is 9.47 Å². The number of allylic oxidation sites excluding steroid dienone is 1. The lowest BCUT2D eigenvalue weighted by molar-refractivity contribution is 0.146. The molecule has 0 radical (unpaired) electrons. The van der Waals surface area contributed by atoms with Crippen LogP contribution >= 0.6 is 0 Å². The average molecular weight is 219 g/mol. The Morgan fingerprint density at radius 3 is 2.88 bits per heavy atom. The Bertz CT molecular complexity index is 396. The minimum Gasteiger partial charge on any atom is -0.491 e. The predicted molar refractivity (Wildman–Crippen MR) is 62.5 cm³/mol. The fraction of sp³-hybridized carbons (Fsp3) is 0.333. The first-order valence-electron chi connectivity index (χ1n) is 5.02. The summed E-state index contributed by atoms with van der Waals surface area (Å²) >= 11 is 0. The SMILES string of the molecule is C=CCc1cc([N+]#N)ccc1OCCOC. The maximum atomic E-state index is 8.67. The van der Waals surface area contributed by atoms with Crippen molar-refractivity contribution < 1.29 is 9.47 Å². The number of rotatable bonds is 6. The summed E-state index contributed by atoms with van der Waals surface area (Å²) in [6, 6.07) is 5.24. The maximum Gasteiger partial charge on any atom is 0.385 e. The highest BCUT2D eigenvalue weighted by atomic mass is 16.5. The van der Waals surface area contributed by atoms with Crippen molar-refractivity contribution in [3.05, 3.63) is 41.4 Å². The Morgan fingerprint density at radius 2 is 2.25 bits per heavy atom. The van der Waals surface area contributed by atoms with Crippen molar-refractivity contribution in [3.8, 4) is 5.75 Å². The first-order valence-corrected chi connectivity index (χ1v) is 5.02. The van der Waals surface area contributed by atoms with E-state index in [4.69, 9.17) is 14.9 Å². The second kappa shape index (κ2) is 6.59. The fourth-order valence-corrected chi connectivity index (χ4v) is 1.32. The molecule has 1 rings (SSSR count). The van der Waals surface area contributed by atoms with E-state index in [1.54, 1.807) is 31.4 Å². The zero-order valence-corrected chi connectivity index (χ0v) is 9.35. The Kier molecular flexibility index (Phi) is 5.03. The minimum atomic E-state index is 0.496. The van der Waals surface area contributed by atoms with E-state index in [0.29, 0.717) is 25.3 Å². The molecule has 84 valence electrons. The molecule has 0 heterocycles. The van der Waals surface area contributed by atoms with Crippen molar-refractivity contribution in [2.45, 2.75) is 6.42 Å². The number of diazo groups is 1. The van der Waals surface area contributed by atoms with Crippen LogP contribution in [0.15, 0.2) is 30.9 Å². The molecule has 1 aromatic rings. The van der Waals surface area contributed by atoms with E-state index in [1.807, 2.05) is 0 Å². The second-order valence-corrected chi connectivity index (χ2v) is 3.23. The van der Waals surface area contributed by atoms with Crippen LogP contribution in [0.4, 0.5) is 5.69 Å². The van der Waals surface area contributed by atoms with Gasteiger partial charge >= 0.3 is 5.69 Å². The second-order valence-electron chi connectivity index (χ2n) is 3.23. The van der Waals surface area contributed by atoms with E-state index < -0.39 is 0 Å². The predicted octanol–water partition coefficient (Wildman–Crippen LogP) is 2.92. The van der Waals surface area contributed by atoms with Crippen molar-refractivity contribution >= 4 is 5.69 Å². The number of ether oxygens (including phenoxy) is 2. The van der Waals surface area contributed by atoms with Crippen LogP contribution in [0.25, 0.3) is 4.98 Å². The molecule has 4 heteroatoms. The van der Waals surface area contributed by atoms with E-state index in [-0.39, 0.29) is 0 Å². The van der Waals surface area contributed by atoms with E-state index >= 15 is 0 Å². The Balaban J connectivity index is 2.81. The van der Waals surface area contributed by atoms with Crippen LogP contribution < -0.4 is 4.74 Å². The van der Waals surface area contributed by atoms with Gasteiger partial charge in [-0.3, -0.25) is 0 Å². The molecule has 4 nitrogen and oxygen atoms in total. The van der Waals surface area contributed by atoms with Crippen molar-refractivity contribution in [3.63, 3.8) is 0 Å². The Morgan fingerprint density at radius 1 is 1.44 bits per heavy atom. The molecule has 0 aliphatic rings. The van der Waals surface area contributed by atoms with Gasteiger partial charge in [-0.2, -0.15) is 0 Å². The van der Waals surface area contributed by atoms with Crippen LogP contribution in [0.1, 0.15) is 5.56 Å². The van der Waals surface area contributed by atoms with Crippen molar-refractivity contribution in [1.82, 2.24) is 0 Å². The molecule has 0 bridgehead atoms. The Labute approximate surface area is 95.1 Å². The van der Waals surface area contributed by atoms with E-state index in [9.17, 15) is 0 Å². The standard InChI is InChI=1S/C12H15N2O2/c1-3-4-10-9-11(14-13)5-6-12(10)16-8-7-15-2/h3,5-6,9H,1,4,7-8H2,2H3/q+1. The third-order valence-corrected chi connectivity index (χ3v) is 2.07. The lowest BCUT2D eigenvalue weighted by Gasteiger charge is -2.08. The average Bonchev–Trinajstić information content (AvgIpc) is 2.31. The summed E-state index contributed by atoms with van der Waals surface area (Å²) in [5.41, 5.74) is 1.46. The number of methoxy groups -OCH3 is 1. The molecule has 0 aliphatic carbocycles. The zero-order valence-electron chi connectivity index (χ0n) is 9.35. The molecular formula is C12H15N2O2+. The highest BCUT2D eigenvalue weighted by Crippen LogP contribution is 2.25. The third kappa shape index (κ3) is 3.37. The van der Waals surface area contributed by atoms with Gasteiger partial charge in [0.2, 0.25) is 5.39 Å². The molecule has 0 N–H and O–H groups in total. The number of nitrogens with zero attached hydrogens (tertiary/aromatic N) is 2. The minimum absolute atomic E-state index is 0.496. The normalized spacial score (nSPS) is 9.50. The van der Waals surface area contributed by atoms with E-state index in [0.717, 1.165) is 11.3 Å². The van der Waals surface area contributed by atoms with Gasteiger partial charge in [0.25, 0.3) is 0 Å².